The van der Waals surface area contributed by atoms with Crippen LogP contribution < -0.4 is 5.73 Å². The van der Waals surface area contributed by atoms with E-state index in [0.717, 1.165) is 12.8 Å². The molecule has 2 rings (SSSR count). The molecule has 13 heavy (non-hydrogen) atoms. The van der Waals surface area contributed by atoms with Gasteiger partial charge in [-0.2, -0.15) is 0 Å². The van der Waals surface area contributed by atoms with Crippen LogP contribution in [-0.2, 0) is 5.54 Å². The summed E-state index contributed by atoms with van der Waals surface area (Å²) in [6.45, 7) is 0. The van der Waals surface area contributed by atoms with E-state index in [-0.39, 0.29) is 5.56 Å². The zero-order chi connectivity index (χ0) is 9.47. The number of nitrogens with two attached hydrogens (primary N) is 1. The van der Waals surface area contributed by atoms with Crippen molar-refractivity contribution >= 4 is 0 Å². The Kier molecular flexibility index (Phi) is 1.84. The lowest BCUT2D eigenvalue weighted by Crippen LogP contribution is -2.20. The van der Waals surface area contributed by atoms with Crippen molar-refractivity contribution in [3.05, 3.63) is 35.4 Å². The average molecular weight is 183 g/mol. The summed E-state index contributed by atoms with van der Waals surface area (Å²) in [6.07, 6.45) is -0.787. The van der Waals surface area contributed by atoms with E-state index >= 15 is 0 Å². The van der Waals surface area contributed by atoms with Crippen molar-refractivity contribution in [2.45, 2.75) is 24.8 Å². The highest BCUT2D eigenvalue weighted by molar-refractivity contribution is 5.37. The van der Waals surface area contributed by atoms with Gasteiger partial charge in [-0.15, -0.1) is 0 Å². The zero-order valence-electron chi connectivity index (χ0n) is 7.13. The molecule has 1 aromatic rings. The van der Waals surface area contributed by atoms with E-state index in [1.165, 1.54) is 6.07 Å². The zero-order valence-corrected chi connectivity index (χ0v) is 7.13. The maximum atomic E-state index is 12.5. The molecule has 0 aliphatic heterocycles. The summed E-state index contributed by atoms with van der Waals surface area (Å²) >= 11 is 0. The van der Waals surface area contributed by atoms with Gasteiger partial charge in [-0.3, -0.25) is 0 Å². The van der Waals surface area contributed by atoms with Crippen LogP contribution in [0.3, 0.4) is 0 Å². The molecule has 70 valence electrons. The van der Waals surface area contributed by atoms with E-state index in [4.69, 9.17) is 5.73 Å². The van der Waals surface area contributed by atoms with Crippen molar-refractivity contribution in [2.75, 3.05) is 0 Å². The average Bonchev–Trinajstić information content (AvgIpc) is 2.85. The second-order valence-electron chi connectivity index (χ2n) is 3.54. The molecular weight excluding hydrogens is 172 g/mol. The molecule has 0 unspecified atom stereocenters. The molecule has 0 spiro atoms. The number of rotatable bonds is 2. The number of alkyl halides is 2. The summed E-state index contributed by atoms with van der Waals surface area (Å²) in [5.74, 6) is 0. The van der Waals surface area contributed by atoms with Gasteiger partial charge in [-0.25, -0.2) is 8.78 Å². The van der Waals surface area contributed by atoms with Crippen LogP contribution >= 0.6 is 0 Å². The van der Waals surface area contributed by atoms with Gasteiger partial charge >= 0.3 is 0 Å². The highest BCUT2D eigenvalue weighted by Gasteiger charge is 2.42. The molecule has 1 nitrogen and oxygen atoms in total. The van der Waals surface area contributed by atoms with E-state index in [0.29, 0.717) is 5.56 Å². The molecule has 1 fully saturated rings. The Hall–Kier alpha value is -0.960. The molecule has 0 amide bonds. The minimum Gasteiger partial charge on any atom is -0.321 e. The first kappa shape index (κ1) is 8.63. The third-order valence-electron chi connectivity index (χ3n) is 2.52. The van der Waals surface area contributed by atoms with Gasteiger partial charge in [-0.1, -0.05) is 24.3 Å². The van der Waals surface area contributed by atoms with Gasteiger partial charge in [0.25, 0.3) is 6.43 Å². The Labute approximate surface area is 75.6 Å². The van der Waals surface area contributed by atoms with Crippen molar-refractivity contribution in [1.82, 2.24) is 0 Å². The number of benzene rings is 1. The monoisotopic (exact) mass is 183 g/mol. The smallest absolute Gasteiger partial charge is 0.264 e. The van der Waals surface area contributed by atoms with Crippen molar-refractivity contribution in [3.8, 4) is 0 Å². The molecule has 3 heteroatoms. The standard InChI is InChI=1S/C10H11F2N/c11-9(12)7-3-1-2-4-8(7)10(13)5-6-10/h1-4,9H,5-6,13H2. The van der Waals surface area contributed by atoms with Crippen LogP contribution in [0.5, 0.6) is 0 Å². The quantitative estimate of drug-likeness (QED) is 0.749. The van der Waals surface area contributed by atoms with E-state index in [9.17, 15) is 8.78 Å². The lowest BCUT2D eigenvalue weighted by Gasteiger charge is -2.13. The maximum Gasteiger partial charge on any atom is 0.264 e. The summed E-state index contributed by atoms with van der Waals surface area (Å²) in [5.41, 5.74) is 6.11. The van der Waals surface area contributed by atoms with Gasteiger partial charge in [-0.05, 0) is 18.4 Å². The minimum atomic E-state index is -2.42. The SMILES string of the molecule is NC1(c2ccccc2C(F)F)CC1. The van der Waals surface area contributed by atoms with E-state index in [1.54, 1.807) is 18.2 Å². The number of hydrogen-bond donors (Lipinski definition) is 1. The Morgan fingerprint density at radius 3 is 2.38 bits per heavy atom. The highest BCUT2D eigenvalue weighted by Crippen LogP contribution is 2.45. The summed E-state index contributed by atoms with van der Waals surface area (Å²) in [7, 11) is 0. The molecule has 1 saturated carbocycles. The van der Waals surface area contributed by atoms with Gasteiger partial charge in [0.2, 0.25) is 0 Å². The topological polar surface area (TPSA) is 26.0 Å². The lowest BCUT2D eigenvalue weighted by molar-refractivity contribution is 0.149. The van der Waals surface area contributed by atoms with Crippen LogP contribution in [0.25, 0.3) is 0 Å². The normalized spacial score (nSPS) is 19.1. The molecule has 1 aromatic carbocycles. The fourth-order valence-corrected chi connectivity index (χ4v) is 1.54. The molecule has 2 N–H and O–H groups in total. The van der Waals surface area contributed by atoms with Crippen LogP contribution in [0, 0.1) is 0 Å². The van der Waals surface area contributed by atoms with Gasteiger partial charge in [0.05, 0.1) is 0 Å². The lowest BCUT2D eigenvalue weighted by atomic mass is 9.99. The van der Waals surface area contributed by atoms with E-state index in [2.05, 4.69) is 0 Å². The Bertz CT molecular complexity index is 318. The number of halogens is 2. The molecule has 1 aliphatic rings. The second-order valence-corrected chi connectivity index (χ2v) is 3.54. The van der Waals surface area contributed by atoms with Gasteiger partial charge in [0.1, 0.15) is 0 Å². The van der Waals surface area contributed by atoms with Crippen molar-refractivity contribution in [3.63, 3.8) is 0 Å². The summed E-state index contributed by atoms with van der Waals surface area (Å²) in [4.78, 5) is 0. The largest absolute Gasteiger partial charge is 0.321 e. The first-order valence-electron chi connectivity index (χ1n) is 4.30. The molecule has 0 bridgehead atoms. The summed E-state index contributed by atoms with van der Waals surface area (Å²) in [6, 6.07) is 6.53. The van der Waals surface area contributed by atoms with Gasteiger partial charge in [0.15, 0.2) is 0 Å². The first-order valence-corrected chi connectivity index (χ1v) is 4.30. The van der Waals surface area contributed by atoms with Crippen molar-refractivity contribution < 1.29 is 8.78 Å². The van der Waals surface area contributed by atoms with Crippen LogP contribution in [-0.4, -0.2) is 0 Å². The third-order valence-corrected chi connectivity index (χ3v) is 2.52. The van der Waals surface area contributed by atoms with Crippen LogP contribution in [0.2, 0.25) is 0 Å². The van der Waals surface area contributed by atoms with Crippen LogP contribution in [0.15, 0.2) is 24.3 Å². The summed E-state index contributed by atoms with van der Waals surface area (Å²) in [5, 5.41) is 0. The highest BCUT2D eigenvalue weighted by atomic mass is 19.3. The van der Waals surface area contributed by atoms with Crippen molar-refractivity contribution in [2.24, 2.45) is 5.73 Å². The second kappa shape index (κ2) is 2.77. The fraction of sp³-hybridized carbons (Fsp3) is 0.400. The molecule has 1 aliphatic carbocycles. The van der Waals surface area contributed by atoms with Crippen molar-refractivity contribution in [1.29, 1.82) is 0 Å². The van der Waals surface area contributed by atoms with Gasteiger partial charge in [0, 0.05) is 11.1 Å². The Morgan fingerprint density at radius 2 is 1.85 bits per heavy atom. The van der Waals surface area contributed by atoms with E-state index in [1.807, 2.05) is 0 Å². The summed E-state index contributed by atoms with van der Waals surface area (Å²) < 4.78 is 25.1. The molecule has 0 radical (unpaired) electrons. The molecule has 0 heterocycles. The fourth-order valence-electron chi connectivity index (χ4n) is 1.54. The van der Waals surface area contributed by atoms with Gasteiger partial charge < -0.3 is 5.73 Å². The third kappa shape index (κ3) is 1.44. The molecule has 0 atom stereocenters. The van der Waals surface area contributed by atoms with E-state index < -0.39 is 12.0 Å². The van der Waals surface area contributed by atoms with Crippen LogP contribution in [0.4, 0.5) is 8.78 Å². The molecular formula is C10H11F2N. The maximum absolute atomic E-state index is 12.5. The minimum absolute atomic E-state index is 0.0856. The predicted molar refractivity (Wildman–Crippen MR) is 46.5 cm³/mol. The van der Waals surface area contributed by atoms with Crippen LogP contribution in [0.1, 0.15) is 30.4 Å². The Balaban J connectivity index is 2.44. The molecule has 0 aromatic heterocycles. The number of hydrogen-bond acceptors (Lipinski definition) is 1. The predicted octanol–water partition coefficient (Wildman–Crippen LogP) is 2.57. The Morgan fingerprint density at radius 1 is 1.23 bits per heavy atom. The molecule has 0 saturated heterocycles. The first-order chi connectivity index (χ1) is 6.13.